The van der Waals surface area contributed by atoms with Gasteiger partial charge in [0.1, 0.15) is 5.69 Å². The molecule has 4 rings (SSSR count). The van der Waals surface area contributed by atoms with Crippen molar-refractivity contribution in [3.63, 3.8) is 0 Å². The Morgan fingerprint density at radius 1 is 1.13 bits per heavy atom. The number of aromatic nitrogens is 7. The molecule has 0 N–H and O–H groups in total. The van der Waals surface area contributed by atoms with Gasteiger partial charge in [-0.15, -0.1) is 0 Å². The number of hydrogen-bond donors (Lipinski definition) is 0. The lowest BCUT2D eigenvalue weighted by Crippen LogP contribution is -2.26. The molecule has 156 valence electrons. The zero-order chi connectivity index (χ0) is 21.4. The second-order valence-corrected chi connectivity index (χ2v) is 7.92. The molecule has 0 aliphatic heterocycles. The Morgan fingerprint density at radius 2 is 1.87 bits per heavy atom. The molecule has 0 fully saturated rings. The molecule has 4 heterocycles. The SMILES string of the molecule is CCn1cc(CN(C)C(=O)c2cc3nccc(-c4nn(CC)cc4Br)n3n2)c(C)n1. The van der Waals surface area contributed by atoms with Gasteiger partial charge in [-0.05, 0) is 42.8 Å². The normalized spacial score (nSPS) is 11.4. The zero-order valence-electron chi connectivity index (χ0n) is 17.4. The van der Waals surface area contributed by atoms with E-state index >= 15 is 0 Å². The fraction of sp³-hybridized carbons (Fsp3) is 0.350. The van der Waals surface area contributed by atoms with Crippen molar-refractivity contribution < 1.29 is 4.79 Å². The van der Waals surface area contributed by atoms with Gasteiger partial charge in [0.2, 0.25) is 0 Å². The summed E-state index contributed by atoms with van der Waals surface area (Å²) in [5, 5.41) is 13.6. The molecule has 0 aliphatic rings. The molecular formula is C20H23BrN8O. The Kier molecular flexibility index (Phi) is 5.42. The summed E-state index contributed by atoms with van der Waals surface area (Å²) in [4.78, 5) is 19.0. The molecule has 9 nitrogen and oxygen atoms in total. The second-order valence-electron chi connectivity index (χ2n) is 7.07. The standard InChI is InChI=1S/C20H23BrN8O/c1-5-27-11-14(13(3)23-27)10-26(4)20(30)16-9-18-22-8-7-17(29(18)24-16)19-15(21)12-28(6-2)25-19/h7-9,11-12H,5-6,10H2,1-4H3. The first-order valence-corrected chi connectivity index (χ1v) is 10.6. The highest BCUT2D eigenvalue weighted by molar-refractivity contribution is 9.10. The number of nitrogens with zero attached hydrogens (tertiary/aromatic N) is 8. The van der Waals surface area contributed by atoms with Crippen LogP contribution in [0.1, 0.15) is 35.6 Å². The van der Waals surface area contributed by atoms with E-state index in [1.807, 2.05) is 48.6 Å². The minimum atomic E-state index is -0.173. The molecule has 30 heavy (non-hydrogen) atoms. The highest BCUT2D eigenvalue weighted by atomic mass is 79.9. The van der Waals surface area contributed by atoms with E-state index < -0.39 is 0 Å². The molecule has 4 aromatic heterocycles. The number of rotatable bonds is 6. The van der Waals surface area contributed by atoms with Gasteiger partial charge < -0.3 is 4.90 Å². The van der Waals surface area contributed by atoms with Crippen LogP contribution < -0.4 is 0 Å². The quantitative estimate of drug-likeness (QED) is 0.431. The van der Waals surface area contributed by atoms with Crippen LogP contribution >= 0.6 is 15.9 Å². The van der Waals surface area contributed by atoms with E-state index in [1.54, 1.807) is 28.7 Å². The average molecular weight is 471 g/mol. The summed E-state index contributed by atoms with van der Waals surface area (Å²) in [5.41, 5.74) is 4.39. The topological polar surface area (TPSA) is 86.1 Å². The van der Waals surface area contributed by atoms with Crippen LogP contribution in [-0.2, 0) is 19.6 Å². The van der Waals surface area contributed by atoms with Gasteiger partial charge in [0.05, 0.1) is 15.9 Å². The minimum Gasteiger partial charge on any atom is -0.336 e. The molecule has 10 heteroatoms. The maximum Gasteiger partial charge on any atom is 0.274 e. The Bertz CT molecular complexity index is 1220. The summed E-state index contributed by atoms with van der Waals surface area (Å²) in [5.74, 6) is -0.173. The third kappa shape index (κ3) is 3.62. The van der Waals surface area contributed by atoms with E-state index in [4.69, 9.17) is 0 Å². The van der Waals surface area contributed by atoms with Crippen molar-refractivity contribution in [3.05, 3.63) is 52.1 Å². The first kappa shape index (κ1) is 20.3. The molecule has 0 atom stereocenters. The summed E-state index contributed by atoms with van der Waals surface area (Å²) >= 11 is 3.56. The third-order valence-electron chi connectivity index (χ3n) is 4.99. The molecule has 0 aliphatic carbocycles. The second kappa shape index (κ2) is 8.02. The van der Waals surface area contributed by atoms with Crippen molar-refractivity contribution in [2.24, 2.45) is 0 Å². The maximum atomic E-state index is 13.0. The van der Waals surface area contributed by atoms with Crippen LogP contribution in [0.25, 0.3) is 17.0 Å². The Balaban J connectivity index is 1.65. The molecule has 0 aromatic carbocycles. The summed E-state index contributed by atoms with van der Waals surface area (Å²) in [6.07, 6.45) is 5.60. The lowest BCUT2D eigenvalue weighted by atomic mass is 10.2. The lowest BCUT2D eigenvalue weighted by molar-refractivity contribution is 0.0778. The number of aryl methyl sites for hydroxylation is 3. The summed E-state index contributed by atoms with van der Waals surface area (Å²) in [6.45, 7) is 8.03. The molecule has 0 bridgehead atoms. The van der Waals surface area contributed by atoms with Crippen LogP contribution in [0.15, 0.2) is 35.2 Å². The van der Waals surface area contributed by atoms with Crippen molar-refractivity contribution in [1.82, 2.24) is 39.1 Å². The van der Waals surface area contributed by atoms with Crippen LogP contribution in [0.2, 0.25) is 0 Å². The van der Waals surface area contributed by atoms with E-state index in [9.17, 15) is 4.79 Å². The van der Waals surface area contributed by atoms with Crippen molar-refractivity contribution in [1.29, 1.82) is 0 Å². The molecule has 1 amide bonds. The molecule has 0 unspecified atom stereocenters. The van der Waals surface area contributed by atoms with E-state index in [1.165, 1.54) is 0 Å². The van der Waals surface area contributed by atoms with Crippen LogP contribution in [0.5, 0.6) is 0 Å². The van der Waals surface area contributed by atoms with Gasteiger partial charge in [0.25, 0.3) is 5.91 Å². The monoisotopic (exact) mass is 470 g/mol. The zero-order valence-corrected chi connectivity index (χ0v) is 19.0. The predicted octanol–water partition coefficient (Wildman–Crippen LogP) is 3.17. The highest BCUT2D eigenvalue weighted by Crippen LogP contribution is 2.27. The maximum absolute atomic E-state index is 13.0. The van der Waals surface area contributed by atoms with Crippen molar-refractivity contribution >= 4 is 27.5 Å². The van der Waals surface area contributed by atoms with Crippen molar-refractivity contribution in [2.45, 2.75) is 40.4 Å². The highest BCUT2D eigenvalue weighted by Gasteiger charge is 2.20. The molecule has 4 aromatic rings. The van der Waals surface area contributed by atoms with Crippen molar-refractivity contribution in [2.75, 3.05) is 7.05 Å². The average Bonchev–Trinajstić information content (AvgIpc) is 3.43. The van der Waals surface area contributed by atoms with Gasteiger partial charge in [-0.3, -0.25) is 14.2 Å². The number of carbonyl (C=O) groups is 1. The predicted molar refractivity (Wildman–Crippen MR) is 116 cm³/mol. The van der Waals surface area contributed by atoms with E-state index in [2.05, 4.69) is 36.2 Å². The summed E-state index contributed by atoms with van der Waals surface area (Å²) in [7, 11) is 1.77. The van der Waals surface area contributed by atoms with Gasteiger partial charge in [0, 0.05) is 56.9 Å². The van der Waals surface area contributed by atoms with Gasteiger partial charge in [-0.25, -0.2) is 9.50 Å². The minimum absolute atomic E-state index is 0.173. The third-order valence-corrected chi connectivity index (χ3v) is 5.57. The van der Waals surface area contributed by atoms with E-state index in [-0.39, 0.29) is 5.91 Å². The van der Waals surface area contributed by atoms with Gasteiger partial charge in [-0.2, -0.15) is 15.3 Å². The van der Waals surface area contributed by atoms with E-state index in [0.29, 0.717) is 17.9 Å². The van der Waals surface area contributed by atoms with Crippen LogP contribution in [0.4, 0.5) is 0 Å². The largest absolute Gasteiger partial charge is 0.336 e. The Morgan fingerprint density at radius 3 is 2.53 bits per heavy atom. The lowest BCUT2D eigenvalue weighted by Gasteiger charge is -2.15. The molecule has 0 saturated carbocycles. The Hall–Kier alpha value is -3.01. The van der Waals surface area contributed by atoms with Gasteiger partial charge >= 0.3 is 0 Å². The summed E-state index contributed by atoms with van der Waals surface area (Å²) in [6, 6.07) is 3.54. The van der Waals surface area contributed by atoms with Crippen LogP contribution in [0, 0.1) is 6.92 Å². The molecular weight excluding hydrogens is 448 g/mol. The smallest absolute Gasteiger partial charge is 0.274 e. The number of amides is 1. The van der Waals surface area contributed by atoms with Crippen LogP contribution in [0.3, 0.4) is 0 Å². The number of fused-ring (bicyclic) bond motifs is 1. The molecule has 0 saturated heterocycles. The molecule has 0 radical (unpaired) electrons. The van der Waals surface area contributed by atoms with Gasteiger partial charge in [0.15, 0.2) is 11.3 Å². The Labute approximate surface area is 182 Å². The van der Waals surface area contributed by atoms with E-state index in [0.717, 1.165) is 40.2 Å². The van der Waals surface area contributed by atoms with Crippen LogP contribution in [-0.4, -0.2) is 52.0 Å². The number of halogens is 1. The van der Waals surface area contributed by atoms with Gasteiger partial charge in [-0.1, -0.05) is 0 Å². The van der Waals surface area contributed by atoms with Crippen molar-refractivity contribution in [3.8, 4) is 11.4 Å². The first-order chi connectivity index (χ1) is 14.4. The fourth-order valence-corrected chi connectivity index (χ4v) is 3.83. The fourth-order valence-electron chi connectivity index (χ4n) is 3.31. The first-order valence-electron chi connectivity index (χ1n) is 9.77. The summed E-state index contributed by atoms with van der Waals surface area (Å²) < 4.78 is 6.24. The number of hydrogen-bond acceptors (Lipinski definition) is 5. The number of carbonyl (C=O) groups excluding carboxylic acids is 1. The molecule has 0 spiro atoms.